The van der Waals surface area contributed by atoms with Gasteiger partial charge < -0.3 is 0 Å². The van der Waals surface area contributed by atoms with Crippen LogP contribution in [0, 0.1) is 11.8 Å². The molecular weight excluding hydrogens is 222 g/mol. The highest BCUT2D eigenvalue weighted by Crippen LogP contribution is 2.30. The molecule has 0 N–H and O–H groups in total. The summed E-state index contributed by atoms with van der Waals surface area (Å²) in [5.74, 6) is 1.67. The molecule has 0 spiro atoms. The van der Waals surface area contributed by atoms with Crippen LogP contribution in [0.1, 0.15) is 65.2 Å². The van der Waals surface area contributed by atoms with Crippen LogP contribution in [0.4, 0.5) is 0 Å². The zero-order valence-corrected chi connectivity index (χ0v) is 12.2. The van der Waals surface area contributed by atoms with E-state index in [1.54, 1.807) is 0 Å². The highest BCUT2D eigenvalue weighted by atomic mass is 16.1. The maximum Gasteiger partial charge on any atom is 0.137 e. The van der Waals surface area contributed by atoms with E-state index in [0.29, 0.717) is 11.7 Å². The highest BCUT2D eigenvalue weighted by molar-refractivity contribution is 5.81. The zero-order valence-electron chi connectivity index (χ0n) is 12.2. The molecule has 0 amide bonds. The number of Topliss-reactive ketones (excluding diaryl/α,β-unsaturated/α-hetero) is 1. The first-order valence-electron chi connectivity index (χ1n) is 7.93. The number of hydrogen-bond acceptors (Lipinski definition) is 2. The van der Waals surface area contributed by atoms with Gasteiger partial charge in [0.2, 0.25) is 0 Å². The van der Waals surface area contributed by atoms with E-state index in [9.17, 15) is 4.79 Å². The third-order valence-corrected chi connectivity index (χ3v) is 4.44. The Bertz CT molecular complexity index is 270. The van der Waals surface area contributed by atoms with Crippen molar-refractivity contribution in [3.05, 3.63) is 0 Å². The van der Waals surface area contributed by atoms with E-state index in [-0.39, 0.29) is 0 Å². The standard InChI is InChI=1S/C16H29NO/c1-13(2)10-11-17(15-8-9-15)12-14-6-4-3-5-7-16(14)18/h13-15H,3-12H2,1-2H3. The van der Waals surface area contributed by atoms with Gasteiger partial charge in [-0.1, -0.05) is 26.7 Å². The van der Waals surface area contributed by atoms with Gasteiger partial charge in [0.05, 0.1) is 0 Å². The Morgan fingerprint density at radius 1 is 1.17 bits per heavy atom. The molecule has 2 rings (SSSR count). The van der Waals surface area contributed by atoms with Crippen LogP contribution in [0.25, 0.3) is 0 Å². The van der Waals surface area contributed by atoms with Gasteiger partial charge in [-0.2, -0.15) is 0 Å². The second-order valence-corrected chi connectivity index (χ2v) is 6.67. The fourth-order valence-corrected chi connectivity index (χ4v) is 2.99. The molecule has 0 bridgehead atoms. The fraction of sp³-hybridized carbons (Fsp3) is 0.938. The Hall–Kier alpha value is -0.370. The summed E-state index contributed by atoms with van der Waals surface area (Å²) < 4.78 is 0. The Morgan fingerprint density at radius 3 is 2.61 bits per heavy atom. The van der Waals surface area contributed by atoms with Crippen molar-refractivity contribution in [2.45, 2.75) is 71.3 Å². The largest absolute Gasteiger partial charge is 0.300 e. The van der Waals surface area contributed by atoms with Gasteiger partial charge in [-0.05, 0) is 44.6 Å². The summed E-state index contributed by atoms with van der Waals surface area (Å²) in [6.07, 6.45) is 9.63. The van der Waals surface area contributed by atoms with E-state index >= 15 is 0 Å². The lowest BCUT2D eigenvalue weighted by molar-refractivity contribution is -0.123. The summed E-state index contributed by atoms with van der Waals surface area (Å²) in [7, 11) is 0. The first kappa shape index (κ1) is 14.0. The molecule has 0 aromatic carbocycles. The summed E-state index contributed by atoms with van der Waals surface area (Å²) >= 11 is 0. The number of ketones is 1. The number of carbonyl (C=O) groups excluding carboxylic acids is 1. The molecular formula is C16H29NO. The topological polar surface area (TPSA) is 20.3 Å². The maximum atomic E-state index is 12.1. The SMILES string of the molecule is CC(C)CCN(CC1CCCCCC1=O)C1CC1. The molecule has 0 saturated heterocycles. The van der Waals surface area contributed by atoms with Crippen LogP contribution in [0.2, 0.25) is 0 Å². The molecule has 104 valence electrons. The lowest BCUT2D eigenvalue weighted by Crippen LogP contribution is -2.35. The summed E-state index contributed by atoms with van der Waals surface area (Å²) in [6, 6.07) is 0.805. The molecule has 0 heterocycles. The molecule has 0 aromatic rings. The maximum absolute atomic E-state index is 12.1. The molecule has 1 atom stereocenters. The molecule has 0 aromatic heterocycles. The van der Waals surface area contributed by atoms with Gasteiger partial charge in [0.15, 0.2) is 0 Å². The van der Waals surface area contributed by atoms with Gasteiger partial charge >= 0.3 is 0 Å². The van der Waals surface area contributed by atoms with E-state index in [4.69, 9.17) is 0 Å². The molecule has 18 heavy (non-hydrogen) atoms. The minimum atomic E-state index is 0.347. The van der Waals surface area contributed by atoms with E-state index in [2.05, 4.69) is 18.7 Å². The Labute approximate surface area is 112 Å². The van der Waals surface area contributed by atoms with Crippen LogP contribution in [0.3, 0.4) is 0 Å². The Morgan fingerprint density at radius 2 is 1.94 bits per heavy atom. The minimum absolute atomic E-state index is 0.347. The molecule has 2 aliphatic rings. The lowest BCUT2D eigenvalue weighted by atomic mass is 9.98. The van der Waals surface area contributed by atoms with Gasteiger partial charge in [-0.25, -0.2) is 0 Å². The molecule has 1 unspecified atom stereocenters. The van der Waals surface area contributed by atoms with Crippen molar-refractivity contribution in [2.24, 2.45) is 11.8 Å². The number of hydrogen-bond donors (Lipinski definition) is 0. The molecule has 2 aliphatic carbocycles. The number of nitrogens with zero attached hydrogens (tertiary/aromatic N) is 1. The average Bonchev–Trinajstić information content (AvgIpc) is 3.13. The number of rotatable bonds is 6. The van der Waals surface area contributed by atoms with Gasteiger partial charge in [0.25, 0.3) is 0 Å². The van der Waals surface area contributed by atoms with Crippen LogP contribution < -0.4 is 0 Å². The van der Waals surface area contributed by atoms with Gasteiger partial charge in [-0.15, -0.1) is 0 Å². The molecule has 0 radical (unpaired) electrons. The van der Waals surface area contributed by atoms with Crippen LogP contribution in [0.15, 0.2) is 0 Å². The van der Waals surface area contributed by atoms with E-state index in [1.807, 2.05) is 0 Å². The second kappa shape index (κ2) is 6.70. The highest BCUT2D eigenvalue weighted by Gasteiger charge is 2.32. The Balaban J connectivity index is 1.84. The van der Waals surface area contributed by atoms with E-state index in [0.717, 1.165) is 37.8 Å². The first-order valence-corrected chi connectivity index (χ1v) is 7.93. The van der Waals surface area contributed by atoms with E-state index < -0.39 is 0 Å². The molecule has 2 fully saturated rings. The predicted molar refractivity (Wildman–Crippen MR) is 75.6 cm³/mol. The van der Waals surface area contributed by atoms with Gasteiger partial charge in [0, 0.05) is 24.9 Å². The van der Waals surface area contributed by atoms with Crippen molar-refractivity contribution in [1.29, 1.82) is 0 Å². The van der Waals surface area contributed by atoms with Crippen molar-refractivity contribution < 1.29 is 4.79 Å². The van der Waals surface area contributed by atoms with E-state index in [1.165, 1.54) is 38.6 Å². The summed E-state index contributed by atoms with van der Waals surface area (Å²) in [4.78, 5) is 14.7. The molecule has 0 aliphatic heterocycles. The Kier molecular flexibility index (Phi) is 5.23. The first-order chi connectivity index (χ1) is 8.66. The van der Waals surface area contributed by atoms with Crippen LogP contribution in [-0.2, 0) is 4.79 Å². The summed E-state index contributed by atoms with van der Waals surface area (Å²) in [5.41, 5.74) is 0. The van der Waals surface area contributed by atoms with Gasteiger partial charge in [0.1, 0.15) is 5.78 Å². The number of carbonyl (C=O) groups is 1. The van der Waals surface area contributed by atoms with Crippen molar-refractivity contribution in [2.75, 3.05) is 13.1 Å². The third-order valence-electron chi connectivity index (χ3n) is 4.44. The molecule has 2 heteroatoms. The van der Waals surface area contributed by atoms with Crippen molar-refractivity contribution in [1.82, 2.24) is 4.90 Å². The van der Waals surface area contributed by atoms with Crippen molar-refractivity contribution in [3.63, 3.8) is 0 Å². The normalized spacial score (nSPS) is 25.8. The quantitative estimate of drug-likeness (QED) is 0.672. The summed E-state index contributed by atoms with van der Waals surface area (Å²) in [6.45, 7) is 6.84. The van der Waals surface area contributed by atoms with Crippen molar-refractivity contribution >= 4 is 5.78 Å². The molecule has 2 nitrogen and oxygen atoms in total. The van der Waals surface area contributed by atoms with Crippen LogP contribution >= 0.6 is 0 Å². The van der Waals surface area contributed by atoms with Crippen LogP contribution in [0.5, 0.6) is 0 Å². The zero-order chi connectivity index (χ0) is 13.0. The molecule has 2 saturated carbocycles. The van der Waals surface area contributed by atoms with Gasteiger partial charge in [-0.3, -0.25) is 9.69 Å². The third kappa shape index (κ3) is 4.38. The van der Waals surface area contributed by atoms with Crippen molar-refractivity contribution in [3.8, 4) is 0 Å². The average molecular weight is 251 g/mol. The summed E-state index contributed by atoms with van der Waals surface area (Å²) in [5, 5.41) is 0. The minimum Gasteiger partial charge on any atom is -0.300 e. The predicted octanol–water partition coefficient (Wildman–Crippen LogP) is 3.65. The monoisotopic (exact) mass is 251 g/mol. The lowest BCUT2D eigenvalue weighted by Gasteiger charge is -2.27. The second-order valence-electron chi connectivity index (χ2n) is 6.67. The fourth-order valence-electron chi connectivity index (χ4n) is 2.99. The smallest absolute Gasteiger partial charge is 0.137 e. The van der Waals surface area contributed by atoms with Crippen LogP contribution in [-0.4, -0.2) is 29.8 Å².